The van der Waals surface area contributed by atoms with Crippen molar-refractivity contribution in [1.82, 2.24) is 19.9 Å². The van der Waals surface area contributed by atoms with Gasteiger partial charge in [-0.2, -0.15) is 0 Å². The van der Waals surface area contributed by atoms with Gasteiger partial charge in [0.2, 0.25) is 0 Å². The van der Waals surface area contributed by atoms with E-state index >= 15 is 0 Å². The first kappa shape index (κ1) is 16.7. The highest BCUT2D eigenvalue weighted by molar-refractivity contribution is 6.11. The Labute approximate surface area is 155 Å². The number of anilines is 1. The molecule has 0 atom stereocenters. The van der Waals surface area contributed by atoms with Crippen LogP contribution in [0.15, 0.2) is 54.9 Å². The van der Waals surface area contributed by atoms with Gasteiger partial charge in [-0.15, -0.1) is 0 Å². The van der Waals surface area contributed by atoms with E-state index in [1.54, 1.807) is 25.6 Å². The number of H-pyrrole nitrogens is 1. The number of aromatic nitrogens is 4. The molecule has 134 valence electrons. The summed E-state index contributed by atoms with van der Waals surface area (Å²) in [4.78, 5) is 28.9. The first-order valence-electron chi connectivity index (χ1n) is 8.37. The zero-order valence-electron chi connectivity index (χ0n) is 14.9. The molecule has 7 heteroatoms. The fraction of sp³-hybridized carbons (Fsp3) is 0.100. The molecule has 7 nitrogen and oxygen atoms in total. The number of ether oxygens (including phenoxy) is 1. The largest absolute Gasteiger partial charge is 0.497 e. The number of carbonyl (C=O) groups is 1. The maximum absolute atomic E-state index is 12.7. The number of aryl methyl sites for hydroxylation is 1. The maximum atomic E-state index is 12.7. The van der Waals surface area contributed by atoms with Crippen molar-refractivity contribution in [2.75, 3.05) is 12.4 Å². The van der Waals surface area contributed by atoms with Gasteiger partial charge in [0.15, 0.2) is 5.65 Å². The Bertz CT molecular complexity index is 1100. The topological polar surface area (TPSA) is 92.8 Å². The van der Waals surface area contributed by atoms with Crippen LogP contribution in [0.4, 0.5) is 5.69 Å². The molecule has 3 heterocycles. The molecule has 0 saturated heterocycles. The number of nitrogens with one attached hydrogen (secondary N) is 2. The molecule has 0 aliphatic rings. The molecule has 0 bridgehead atoms. The highest BCUT2D eigenvalue weighted by Gasteiger charge is 2.15. The zero-order valence-corrected chi connectivity index (χ0v) is 14.9. The normalized spacial score (nSPS) is 10.7. The summed E-state index contributed by atoms with van der Waals surface area (Å²) in [6, 6.07) is 12.8. The minimum Gasteiger partial charge on any atom is -0.497 e. The number of benzene rings is 1. The number of methoxy groups -OCH3 is 1. The zero-order chi connectivity index (χ0) is 18.8. The lowest BCUT2D eigenvalue weighted by molar-refractivity contribution is 0.102. The molecule has 4 rings (SSSR count). The molecule has 0 saturated carbocycles. The second-order valence-electron chi connectivity index (χ2n) is 6.01. The van der Waals surface area contributed by atoms with Gasteiger partial charge in [0.05, 0.1) is 24.6 Å². The van der Waals surface area contributed by atoms with Gasteiger partial charge < -0.3 is 15.0 Å². The van der Waals surface area contributed by atoms with Crippen LogP contribution >= 0.6 is 0 Å². The Morgan fingerprint density at radius 1 is 1.07 bits per heavy atom. The van der Waals surface area contributed by atoms with Gasteiger partial charge in [-0.25, -0.2) is 9.97 Å². The first-order valence-corrected chi connectivity index (χ1v) is 8.37. The van der Waals surface area contributed by atoms with Crippen molar-refractivity contribution < 1.29 is 9.53 Å². The molecular weight excluding hydrogens is 342 g/mol. The number of imidazole rings is 1. The SMILES string of the molecule is COc1ccc(-c2nc3c(C(=O)Nc4ccc(C)nc4)ccnc3[nH]2)cc1. The third-order valence-electron chi connectivity index (χ3n) is 4.16. The molecule has 4 aromatic rings. The highest BCUT2D eigenvalue weighted by atomic mass is 16.5. The van der Waals surface area contributed by atoms with E-state index in [-0.39, 0.29) is 5.91 Å². The first-order chi connectivity index (χ1) is 13.1. The quantitative estimate of drug-likeness (QED) is 0.581. The Morgan fingerprint density at radius 2 is 1.89 bits per heavy atom. The maximum Gasteiger partial charge on any atom is 0.258 e. The summed E-state index contributed by atoms with van der Waals surface area (Å²) in [5, 5.41) is 2.84. The van der Waals surface area contributed by atoms with Gasteiger partial charge in [0.1, 0.15) is 17.1 Å². The van der Waals surface area contributed by atoms with Crippen molar-refractivity contribution in [2.24, 2.45) is 0 Å². The number of amides is 1. The molecule has 0 aliphatic heterocycles. The Balaban J connectivity index is 1.67. The van der Waals surface area contributed by atoms with Crippen molar-refractivity contribution in [3.05, 3.63) is 66.1 Å². The second-order valence-corrected chi connectivity index (χ2v) is 6.01. The van der Waals surface area contributed by atoms with Crippen molar-refractivity contribution in [2.45, 2.75) is 6.92 Å². The molecule has 2 N–H and O–H groups in total. The highest BCUT2D eigenvalue weighted by Crippen LogP contribution is 2.24. The van der Waals surface area contributed by atoms with Crippen molar-refractivity contribution in [3.8, 4) is 17.1 Å². The summed E-state index contributed by atoms with van der Waals surface area (Å²) >= 11 is 0. The Kier molecular flexibility index (Phi) is 4.25. The molecule has 3 aromatic heterocycles. The van der Waals surface area contributed by atoms with E-state index in [1.165, 1.54) is 0 Å². The third-order valence-corrected chi connectivity index (χ3v) is 4.16. The van der Waals surface area contributed by atoms with Crippen LogP contribution in [0.25, 0.3) is 22.6 Å². The number of pyridine rings is 2. The van der Waals surface area contributed by atoms with E-state index in [0.717, 1.165) is 17.0 Å². The van der Waals surface area contributed by atoms with Crippen LogP contribution in [0.3, 0.4) is 0 Å². The molecule has 0 fully saturated rings. The number of hydrogen-bond donors (Lipinski definition) is 2. The average Bonchev–Trinajstić information content (AvgIpc) is 3.14. The molecule has 1 aromatic carbocycles. The summed E-state index contributed by atoms with van der Waals surface area (Å²) < 4.78 is 5.18. The lowest BCUT2D eigenvalue weighted by Gasteiger charge is -2.05. The Hall–Kier alpha value is -3.74. The number of aromatic amines is 1. The minimum atomic E-state index is -0.263. The summed E-state index contributed by atoms with van der Waals surface area (Å²) in [6.07, 6.45) is 3.21. The fourth-order valence-corrected chi connectivity index (χ4v) is 2.72. The smallest absolute Gasteiger partial charge is 0.258 e. The standard InChI is InChI=1S/C20H17N5O2/c1-12-3-6-14(11-22-12)23-20(26)16-9-10-21-19-17(16)24-18(25-19)13-4-7-15(27-2)8-5-13/h3-11H,1-2H3,(H,23,26)(H,21,24,25). The van der Waals surface area contributed by atoms with Crippen LogP contribution in [0, 0.1) is 6.92 Å². The van der Waals surface area contributed by atoms with Gasteiger partial charge in [-0.3, -0.25) is 9.78 Å². The van der Waals surface area contributed by atoms with Crippen LogP contribution < -0.4 is 10.1 Å². The Morgan fingerprint density at radius 3 is 2.59 bits per heavy atom. The predicted molar refractivity (Wildman–Crippen MR) is 103 cm³/mol. The lowest BCUT2D eigenvalue weighted by Crippen LogP contribution is -2.12. The summed E-state index contributed by atoms with van der Waals surface area (Å²) in [6.45, 7) is 1.89. The number of nitrogens with zero attached hydrogens (tertiary/aromatic N) is 3. The molecule has 0 aliphatic carbocycles. The van der Waals surface area contributed by atoms with E-state index in [1.807, 2.05) is 43.3 Å². The van der Waals surface area contributed by atoms with Crippen LogP contribution in [0.5, 0.6) is 5.75 Å². The number of carbonyl (C=O) groups excluding carboxylic acids is 1. The summed E-state index contributed by atoms with van der Waals surface area (Å²) in [5.41, 5.74) is 3.90. The van der Waals surface area contributed by atoms with Crippen molar-refractivity contribution in [1.29, 1.82) is 0 Å². The molecule has 27 heavy (non-hydrogen) atoms. The third kappa shape index (κ3) is 3.35. The molecular formula is C20H17N5O2. The average molecular weight is 359 g/mol. The van der Waals surface area contributed by atoms with E-state index in [4.69, 9.17) is 4.74 Å². The van der Waals surface area contributed by atoms with Crippen molar-refractivity contribution in [3.63, 3.8) is 0 Å². The van der Waals surface area contributed by atoms with Crippen molar-refractivity contribution >= 4 is 22.8 Å². The lowest BCUT2D eigenvalue weighted by atomic mass is 10.2. The van der Waals surface area contributed by atoms with Crippen LogP contribution in [0.1, 0.15) is 16.1 Å². The van der Waals surface area contributed by atoms with E-state index in [2.05, 4.69) is 25.3 Å². The minimum absolute atomic E-state index is 0.263. The molecule has 0 radical (unpaired) electrons. The molecule has 0 spiro atoms. The van der Waals surface area contributed by atoms with Crippen LogP contribution in [0.2, 0.25) is 0 Å². The van der Waals surface area contributed by atoms with Crippen LogP contribution in [-0.4, -0.2) is 33.0 Å². The summed E-state index contributed by atoms with van der Waals surface area (Å²) in [5.74, 6) is 1.14. The molecule has 0 unspecified atom stereocenters. The monoisotopic (exact) mass is 359 g/mol. The van der Waals surface area contributed by atoms with E-state index in [0.29, 0.717) is 28.2 Å². The van der Waals surface area contributed by atoms with E-state index in [9.17, 15) is 4.79 Å². The van der Waals surface area contributed by atoms with Gasteiger partial charge in [0, 0.05) is 17.5 Å². The van der Waals surface area contributed by atoms with Gasteiger partial charge in [-0.1, -0.05) is 0 Å². The van der Waals surface area contributed by atoms with Gasteiger partial charge in [-0.05, 0) is 49.4 Å². The van der Waals surface area contributed by atoms with Crippen LogP contribution in [-0.2, 0) is 0 Å². The number of fused-ring (bicyclic) bond motifs is 1. The number of rotatable bonds is 4. The summed E-state index contributed by atoms with van der Waals surface area (Å²) in [7, 11) is 1.62. The van der Waals surface area contributed by atoms with Gasteiger partial charge >= 0.3 is 0 Å². The van der Waals surface area contributed by atoms with Gasteiger partial charge in [0.25, 0.3) is 5.91 Å². The second kappa shape index (κ2) is 6.87. The predicted octanol–water partition coefficient (Wildman–Crippen LogP) is 3.59. The number of hydrogen-bond acceptors (Lipinski definition) is 5. The molecule has 1 amide bonds. The van der Waals surface area contributed by atoms with E-state index < -0.39 is 0 Å². The fourth-order valence-electron chi connectivity index (χ4n) is 2.72.